The number of halogens is 1. The predicted molar refractivity (Wildman–Crippen MR) is 57.6 cm³/mol. The van der Waals surface area contributed by atoms with Crippen LogP contribution in [0.3, 0.4) is 0 Å². The summed E-state index contributed by atoms with van der Waals surface area (Å²) in [5, 5.41) is 4.70. The highest BCUT2D eigenvalue weighted by Gasteiger charge is 1.98. The first kappa shape index (κ1) is 10.3. The van der Waals surface area contributed by atoms with Crippen molar-refractivity contribution in [2.45, 2.75) is 13.5 Å². The second kappa shape index (κ2) is 5.05. The van der Waals surface area contributed by atoms with E-state index in [1.807, 2.05) is 18.4 Å². The van der Waals surface area contributed by atoms with Gasteiger partial charge in [-0.05, 0) is 28.8 Å². The van der Waals surface area contributed by atoms with Gasteiger partial charge in [-0.15, -0.1) is 11.3 Å². The van der Waals surface area contributed by atoms with Crippen LogP contribution in [0.4, 0.5) is 0 Å². The summed E-state index contributed by atoms with van der Waals surface area (Å²) in [6, 6.07) is 2.05. The molecule has 2 nitrogen and oxygen atoms in total. The van der Waals surface area contributed by atoms with Crippen molar-refractivity contribution in [3.8, 4) is 10.8 Å². The van der Waals surface area contributed by atoms with E-state index in [2.05, 4.69) is 32.0 Å². The largest absolute Gasteiger partial charge is 0.341 e. The molecule has 0 unspecified atom stereocenters. The summed E-state index contributed by atoms with van der Waals surface area (Å²) in [5.41, 5.74) is 1.12. The maximum Gasteiger partial charge on any atom is 0.297 e. The third kappa shape index (κ3) is 3.62. The van der Waals surface area contributed by atoms with Crippen molar-refractivity contribution in [1.29, 1.82) is 0 Å². The summed E-state index contributed by atoms with van der Waals surface area (Å²) in [7, 11) is 0. The highest BCUT2D eigenvalue weighted by atomic mass is 79.9. The van der Waals surface area contributed by atoms with Gasteiger partial charge in [0.05, 0.1) is 0 Å². The molecule has 1 heterocycles. The van der Waals surface area contributed by atoms with Crippen LogP contribution in [-0.4, -0.2) is 5.91 Å². The first-order valence-electron chi connectivity index (χ1n) is 3.66. The highest BCUT2D eigenvalue weighted by molar-refractivity contribution is 9.12. The van der Waals surface area contributed by atoms with Crippen molar-refractivity contribution in [3.63, 3.8) is 0 Å². The first-order valence-corrected chi connectivity index (χ1v) is 5.33. The zero-order valence-electron chi connectivity index (χ0n) is 7.06. The predicted octanol–water partition coefficient (Wildman–Crippen LogP) is 2.03. The molecular formula is C9H8BrNOS. The number of carbonyl (C=O) groups excluding carboxylic acids is 1. The minimum atomic E-state index is -0.263. The Morgan fingerprint density at radius 2 is 2.54 bits per heavy atom. The van der Waals surface area contributed by atoms with E-state index >= 15 is 0 Å². The highest BCUT2D eigenvalue weighted by Crippen LogP contribution is 2.12. The summed E-state index contributed by atoms with van der Waals surface area (Å²) in [6.45, 7) is 2.58. The molecule has 1 aromatic heterocycles. The molecule has 1 rings (SSSR count). The Bertz CT molecular complexity index is 361. The van der Waals surface area contributed by atoms with Crippen molar-refractivity contribution in [2.24, 2.45) is 0 Å². The Hall–Kier alpha value is -0.790. The summed E-state index contributed by atoms with van der Waals surface area (Å²) in [4.78, 5) is 14.5. The maximum atomic E-state index is 10.9. The van der Waals surface area contributed by atoms with E-state index in [0.29, 0.717) is 6.54 Å². The van der Waals surface area contributed by atoms with Crippen molar-refractivity contribution >= 4 is 33.2 Å². The molecule has 0 aliphatic carbocycles. The van der Waals surface area contributed by atoms with E-state index in [1.165, 1.54) is 4.88 Å². The monoisotopic (exact) mass is 257 g/mol. The number of aryl methyl sites for hydroxylation is 1. The number of nitrogens with one attached hydrogen (secondary N) is 1. The van der Waals surface area contributed by atoms with E-state index in [-0.39, 0.29) is 5.91 Å². The van der Waals surface area contributed by atoms with Crippen molar-refractivity contribution < 1.29 is 4.79 Å². The lowest BCUT2D eigenvalue weighted by atomic mass is 10.3. The molecule has 1 amide bonds. The van der Waals surface area contributed by atoms with Crippen LogP contribution < -0.4 is 5.32 Å². The van der Waals surface area contributed by atoms with Crippen molar-refractivity contribution in [2.75, 3.05) is 0 Å². The summed E-state index contributed by atoms with van der Waals surface area (Å²) < 4.78 is 0. The Kier molecular flexibility index (Phi) is 4.00. The van der Waals surface area contributed by atoms with Gasteiger partial charge in [0.25, 0.3) is 5.91 Å². The van der Waals surface area contributed by atoms with Crippen molar-refractivity contribution in [1.82, 2.24) is 5.32 Å². The minimum absolute atomic E-state index is 0.263. The van der Waals surface area contributed by atoms with Gasteiger partial charge < -0.3 is 5.32 Å². The second-order valence-electron chi connectivity index (χ2n) is 2.47. The zero-order valence-corrected chi connectivity index (χ0v) is 9.46. The minimum Gasteiger partial charge on any atom is -0.341 e. The molecule has 4 heteroatoms. The third-order valence-corrected chi connectivity index (χ3v) is 2.51. The number of rotatable bonds is 2. The van der Waals surface area contributed by atoms with Gasteiger partial charge in [-0.3, -0.25) is 4.79 Å². The number of hydrogen-bond acceptors (Lipinski definition) is 2. The second-order valence-corrected chi connectivity index (χ2v) is 3.98. The standard InChI is InChI=1S/C9H8BrNOS/c1-7-4-8(6-13-7)5-11-9(12)2-3-10/h4,6H,5H2,1H3,(H,11,12). The van der Waals surface area contributed by atoms with Crippen LogP contribution in [0.5, 0.6) is 0 Å². The van der Waals surface area contributed by atoms with Crippen LogP contribution >= 0.6 is 27.3 Å². The topological polar surface area (TPSA) is 29.1 Å². The van der Waals surface area contributed by atoms with Gasteiger partial charge in [-0.25, -0.2) is 0 Å². The lowest BCUT2D eigenvalue weighted by Gasteiger charge is -1.96. The number of carbonyl (C=O) groups is 1. The van der Waals surface area contributed by atoms with Crippen LogP contribution in [0.25, 0.3) is 0 Å². The van der Waals surface area contributed by atoms with Crippen LogP contribution in [0.15, 0.2) is 11.4 Å². The van der Waals surface area contributed by atoms with Gasteiger partial charge in [0.15, 0.2) is 0 Å². The molecule has 0 aromatic carbocycles. The number of amides is 1. The van der Waals surface area contributed by atoms with Crippen LogP contribution in [0, 0.1) is 17.7 Å². The van der Waals surface area contributed by atoms with Gasteiger partial charge in [0.1, 0.15) is 0 Å². The van der Waals surface area contributed by atoms with Gasteiger partial charge in [0, 0.05) is 33.3 Å². The van der Waals surface area contributed by atoms with Crippen LogP contribution in [-0.2, 0) is 11.3 Å². The molecule has 13 heavy (non-hydrogen) atoms. The molecule has 0 bridgehead atoms. The van der Waals surface area contributed by atoms with E-state index in [1.54, 1.807) is 11.3 Å². The molecule has 0 aliphatic rings. The molecule has 0 saturated heterocycles. The van der Waals surface area contributed by atoms with Gasteiger partial charge in [0.2, 0.25) is 0 Å². The molecule has 0 atom stereocenters. The molecular weight excluding hydrogens is 250 g/mol. The summed E-state index contributed by atoms with van der Waals surface area (Å²) in [5.74, 6) is 2.08. The number of thiophene rings is 1. The SMILES string of the molecule is Cc1cc(CNC(=O)C#CBr)cs1. The lowest BCUT2D eigenvalue weighted by molar-refractivity contribution is -0.115. The van der Waals surface area contributed by atoms with Crippen LogP contribution in [0.1, 0.15) is 10.4 Å². The fourth-order valence-corrected chi connectivity index (χ4v) is 1.75. The average molecular weight is 258 g/mol. The maximum absolute atomic E-state index is 10.9. The Morgan fingerprint density at radius 1 is 1.77 bits per heavy atom. The quantitative estimate of drug-likeness (QED) is 0.808. The summed E-state index contributed by atoms with van der Waals surface area (Å²) >= 11 is 4.53. The van der Waals surface area contributed by atoms with E-state index in [0.717, 1.165) is 5.56 Å². The molecule has 1 aromatic rings. The summed E-state index contributed by atoms with van der Waals surface area (Å²) in [6.07, 6.45) is 0. The third-order valence-electron chi connectivity index (χ3n) is 1.40. The lowest BCUT2D eigenvalue weighted by Crippen LogP contribution is -2.20. The van der Waals surface area contributed by atoms with Gasteiger partial charge in [-0.1, -0.05) is 0 Å². The molecule has 0 aliphatic heterocycles. The Balaban J connectivity index is 2.42. The molecule has 0 radical (unpaired) electrons. The average Bonchev–Trinajstić information content (AvgIpc) is 2.49. The van der Waals surface area contributed by atoms with E-state index in [4.69, 9.17) is 0 Å². The van der Waals surface area contributed by atoms with E-state index < -0.39 is 0 Å². The number of hydrogen-bond donors (Lipinski definition) is 1. The molecule has 0 fully saturated rings. The normalized spacial score (nSPS) is 8.77. The molecule has 0 saturated carbocycles. The molecule has 1 N–H and O–H groups in total. The van der Waals surface area contributed by atoms with Gasteiger partial charge in [-0.2, -0.15) is 0 Å². The molecule has 68 valence electrons. The Morgan fingerprint density at radius 3 is 3.08 bits per heavy atom. The van der Waals surface area contributed by atoms with Crippen LogP contribution in [0.2, 0.25) is 0 Å². The Labute approximate surface area is 89.5 Å². The van der Waals surface area contributed by atoms with Gasteiger partial charge >= 0.3 is 0 Å². The smallest absolute Gasteiger partial charge is 0.297 e. The first-order chi connectivity index (χ1) is 6.22. The van der Waals surface area contributed by atoms with Crippen molar-refractivity contribution in [3.05, 3.63) is 21.9 Å². The van der Waals surface area contributed by atoms with E-state index in [9.17, 15) is 4.79 Å². The fraction of sp³-hybridized carbons (Fsp3) is 0.222. The fourth-order valence-electron chi connectivity index (χ4n) is 0.860. The molecule has 0 spiro atoms. The zero-order chi connectivity index (χ0) is 9.68.